The Morgan fingerprint density at radius 1 is 1.27 bits per heavy atom. The molecule has 1 aromatic carbocycles. The Balaban J connectivity index is 2.65. The quantitative estimate of drug-likeness (QED) is 0.817. The first kappa shape index (κ1) is 12.6. The second kappa shape index (κ2) is 6.18. The summed E-state index contributed by atoms with van der Waals surface area (Å²) < 4.78 is 25.3. The predicted molar refractivity (Wildman–Crippen MR) is 61.1 cm³/mol. The molecule has 0 amide bonds. The van der Waals surface area contributed by atoms with Crippen LogP contribution in [0.25, 0.3) is 0 Å². The van der Waals surface area contributed by atoms with Crippen LogP contribution in [0, 0.1) is 0 Å². The summed E-state index contributed by atoms with van der Waals surface area (Å²) in [6, 6.07) is 4.99. The van der Waals surface area contributed by atoms with Crippen LogP contribution in [-0.4, -0.2) is 6.54 Å². The third-order valence-corrected chi connectivity index (χ3v) is 2.91. The summed E-state index contributed by atoms with van der Waals surface area (Å²) in [6.45, 7) is 0.677. The molecular formula is C11H14BrF2N. The van der Waals surface area contributed by atoms with Crippen molar-refractivity contribution in [1.29, 1.82) is 0 Å². The molecule has 1 rings (SSSR count). The fourth-order valence-electron chi connectivity index (χ4n) is 1.38. The number of unbranched alkanes of at least 4 members (excludes halogenated alkanes) is 1. The first-order valence-electron chi connectivity index (χ1n) is 4.91. The second-order valence-corrected chi connectivity index (χ2v) is 4.26. The highest BCUT2D eigenvalue weighted by molar-refractivity contribution is 9.10. The van der Waals surface area contributed by atoms with Gasteiger partial charge in [0.25, 0.3) is 6.43 Å². The normalized spacial score (nSPS) is 11.0. The van der Waals surface area contributed by atoms with Crippen molar-refractivity contribution in [3.8, 4) is 0 Å². The van der Waals surface area contributed by atoms with Gasteiger partial charge in [-0.15, -0.1) is 0 Å². The number of hydrogen-bond donors (Lipinski definition) is 1. The molecule has 0 aliphatic rings. The molecule has 0 spiro atoms. The molecule has 84 valence electrons. The molecule has 0 atom stereocenters. The maximum Gasteiger partial charge on any atom is 0.264 e. The molecule has 1 nitrogen and oxygen atoms in total. The van der Waals surface area contributed by atoms with Crippen molar-refractivity contribution in [3.63, 3.8) is 0 Å². The molecule has 15 heavy (non-hydrogen) atoms. The molecule has 4 heteroatoms. The van der Waals surface area contributed by atoms with E-state index < -0.39 is 6.43 Å². The largest absolute Gasteiger partial charge is 0.330 e. The van der Waals surface area contributed by atoms with E-state index in [9.17, 15) is 8.78 Å². The summed E-state index contributed by atoms with van der Waals surface area (Å²) in [5, 5.41) is 0. The van der Waals surface area contributed by atoms with Crippen molar-refractivity contribution in [2.24, 2.45) is 5.73 Å². The lowest BCUT2D eigenvalue weighted by Gasteiger charge is -2.06. The summed E-state index contributed by atoms with van der Waals surface area (Å²) in [6.07, 6.45) is 0.433. The van der Waals surface area contributed by atoms with Gasteiger partial charge >= 0.3 is 0 Å². The van der Waals surface area contributed by atoms with Gasteiger partial charge in [0.2, 0.25) is 0 Å². The standard InChI is InChI=1S/C11H14BrF2N/c12-10-7-8(3-1-2-6-15)4-5-9(10)11(13)14/h4-5,7,11H,1-3,6,15H2. The van der Waals surface area contributed by atoms with Crippen molar-refractivity contribution in [2.45, 2.75) is 25.7 Å². The maximum absolute atomic E-state index is 12.4. The molecule has 2 N–H and O–H groups in total. The summed E-state index contributed by atoms with van der Waals surface area (Å²) >= 11 is 3.15. The summed E-state index contributed by atoms with van der Waals surface area (Å²) in [5.74, 6) is 0. The van der Waals surface area contributed by atoms with Gasteiger partial charge in [0.15, 0.2) is 0 Å². The monoisotopic (exact) mass is 277 g/mol. The van der Waals surface area contributed by atoms with Crippen molar-refractivity contribution >= 4 is 15.9 Å². The zero-order chi connectivity index (χ0) is 11.3. The molecule has 0 heterocycles. The minimum absolute atomic E-state index is 0.0533. The van der Waals surface area contributed by atoms with Crippen LogP contribution in [0.3, 0.4) is 0 Å². The molecule has 0 saturated carbocycles. The van der Waals surface area contributed by atoms with Crippen LogP contribution >= 0.6 is 15.9 Å². The molecule has 0 aliphatic heterocycles. The second-order valence-electron chi connectivity index (χ2n) is 3.40. The smallest absolute Gasteiger partial charge is 0.264 e. The van der Waals surface area contributed by atoms with Crippen molar-refractivity contribution < 1.29 is 8.78 Å². The van der Waals surface area contributed by atoms with E-state index in [2.05, 4.69) is 15.9 Å². The summed E-state index contributed by atoms with van der Waals surface area (Å²) in [5.41, 5.74) is 6.50. The van der Waals surface area contributed by atoms with E-state index in [4.69, 9.17) is 5.73 Å². The number of alkyl halides is 2. The Labute approximate surface area is 96.8 Å². The molecule has 0 aromatic heterocycles. The number of nitrogens with two attached hydrogens (primary N) is 1. The predicted octanol–water partition coefficient (Wildman–Crippen LogP) is 3.67. The van der Waals surface area contributed by atoms with Gasteiger partial charge in [0.1, 0.15) is 0 Å². The van der Waals surface area contributed by atoms with Gasteiger partial charge in [-0.05, 0) is 37.4 Å². The zero-order valence-corrected chi connectivity index (χ0v) is 9.94. The molecule has 0 aliphatic carbocycles. The van der Waals surface area contributed by atoms with Crippen LogP contribution in [0.1, 0.15) is 30.4 Å². The first-order valence-corrected chi connectivity index (χ1v) is 5.71. The molecule has 0 radical (unpaired) electrons. The molecule has 0 fully saturated rings. The van der Waals surface area contributed by atoms with Crippen LogP contribution in [0.15, 0.2) is 22.7 Å². The van der Waals surface area contributed by atoms with Gasteiger partial charge in [0.05, 0.1) is 0 Å². The van der Waals surface area contributed by atoms with Crippen molar-refractivity contribution in [2.75, 3.05) is 6.54 Å². The minimum Gasteiger partial charge on any atom is -0.330 e. The number of benzene rings is 1. The van der Waals surface area contributed by atoms with Crippen molar-refractivity contribution in [1.82, 2.24) is 0 Å². The molecule has 0 saturated heterocycles. The highest BCUT2D eigenvalue weighted by Crippen LogP contribution is 2.28. The van der Waals surface area contributed by atoms with E-state index in [-0.39, 0.29) is 5.56 Å². The first-order chi connectivity index (χ1) is 7.15. The highest BCUT2D eigenvalue weighted by Gasteiger charge is 2.11. The van der Waals surface area contributed by atoms with Crippen LogP contribution in [-0.2, 0) is 6.42 Å². The van der Waals surface area contributed by atoms with Gasteiger partial charge in [-0.2, -0.15) is 0 Å². The van der Waals surface area contributed by atoms with E-state index in [1.807, 2.05) is 0 Å². The Bertz CT molecular complexity index is 315. The third kappa shape index (κ3) is 3.87. The molecule has 0 bridgehead atoms. The Morgan fingerprint density at radius 2 is 2.00 bits per heavy atom. The Hall–Kier alpha value is -0.480. The van der Waals surface area contributed by atoms with Gasteiger partial charge < -0.3 is 5.73 Å². The Morgan fingerprint density at radius 3 is 2.53 bits per heavy atom. The average molecular weight is 278 g/mol. The molecule has 0 unspecified atom stereocenters. The number of rotatable bonds is 5. The van der Waals surface area contributed by atoms with E-state index in [1.54, 1.807) is 12.1 Å². The third-order valence-electron chi connectivity index (χ3n) is 2.22. The van der Waals surface area contributed by atoms with Crippen molar-refractivity contribution in [3.05, 3.63) is 33.8 Å². The minimum atomic E-state index is -2.42. The maximum atomic E-state index is 12.4. The summed E-state index contributed by atoms with van der Waals surface area (Å²) in [4.78, 5) is 0. The molecular weight excluding hydrogens is 264 g/mol. The molecule has 1 aromatic rings. The topological polar surface area (TPSA) is 26.0 Å². The van der Waals surface area contributed by atoms with E-state index >= 15 is 0 Å². The lowest BCUT2D eigenvalue weighted by Crippen LogP contribution is -1.99. The highest BCUT2D eigenvalue weighted by atomic mass is 79.9. The number of halogens is 3. The van der Waals surface area contributed by atoms with Crippen LogP contribution in [0.5, 0.6) is 0 Å². The fraction of sp³-hybridized carbons (Fsp3) is 0.455. The van der Waals surface area contributed by atoms with Gasteiger partial charge in [-0.1, -0.05) is 28.1 Å². The van der Waals surface area contributed by atoms with Crippen LogP contribution < -0.4 is 5.73 Å². The van der Waals surface area contributed by atoms with E-state index in [0.29, 0.717) is 11.0 Å². The number of aryl methyl sites for hydroxylation is 1. The van der Waals surface area contributed by atoms with Gasteiger partial charge in [-0.3, -0.25) is 0 Å². The van der Waals surface area contributed by atoms with Gasteiger partial charge in [-0.25, -0.2) is 8.78 Å². The lowest BCUT2D eigenvalue weighted by atomic mass is 10.1. The SMILES string of the molecule is NCCCCc1ccc(C(F)F)c(Br)c1. The van der Waals surface area contributed by atoms with Crippen LogP contribution in [0.4, 0.5) is 8.78 Å². The average Bonchev–Trinajstić information content (AvgIpc) is 2.17. The zero-order valence-electron chi connectivity index (χ0n) is 8.35. The van der Waals surface area contributed by atoms with E-state index in [0.717, 1.165) is 24.8 Å². The number of hydrogen-bond acceptors (Lipinski definition) is 1. The Kier molecular flexibility index (Phi) is 5.19. The van der Waals surface area contributed by atoms with E-state index in [1.165, 1.54) is 6.07 Å². The summed E-state index contributed by atoms with van der Waals surface area (Å²) in [7, 11) is 0. The van der Waals surface area contributed by atoms with Gasteiger partial charge in [0, 0.05) is 10.0 Å². The lowest BCUT2D eigenvalue weighted by molar-refractivity contribution is 0.150. The fourth-order valence-corrected chi connectivity index (χ4v) is 1.98. The van der Waals surface area contributed by atoms with Crippen LogP contribution in [0.2, 0.25) is 0 Å².